The fraction of sp³-hybridized carbons (Fsp3) is 0.231. The van der Waals surface area contributed by atoms with Crippen LogP contribution in [0.2, 0.25) is 5.02 Å². The number of hydrogen-bond donors (Lipinski definition) is 1. The van der Waals surface area contributed by atoms with Crippen LogP contribution in [-0.4, -0.2) is 36.9 Å². The summed E-state index contributed by atoms with van der Waals surface area (Å²) in [7, 11) is 1.58. The summed E-state index contributed by atoms with van der Waals surface area (Å²) >= 11 is 5.93. The van der Waals surface area contributed by atoms with Crippen LogP contribution in [0.3, 0.4) is 0 Å². The number of ether oxygens (including phenoxy) is 1. The topological polar surface area (TPSA) is 71.8 Å². The van der Waals surface area contributed by atoms with Crippen molar-refractivity contribution in [3.05, 3.63) is 71.2 Å². The predicted molar refractivity (Wildman–Crippen MR) is 129 cm³/mol. The number of furan rings is 1. The predicted octanol–water partition coefficient (Wildman–Crippen LogP) is 5.74. The van der Waals surface area contributed by atoms with Crippen molar-refractivity contribution >= 4 is 51.0 Å². The molecular formula is C26H23ClN2O4. The van der Waals surface area contributed by atoms with Crippen molar-refractivity contribution in [1.82, 2.24) is 4.90 Å². The summed E-state index contributed by atoms with van der Waals surface area (Å²) in [6.45, 7) is 0.988. The first-order valence-corrected chi connectivity index (χ1v) is 11.3. The maximum absolute atomic E-state index is 13.1. The third-order valence-electron chi connectivity index (χ3n) is 6.13. The normalized spacial score (nSPS) is 16.2. The largest absolute Gasteiger partial charge is 0.495 e. The quantitative estimate of drug-likeness (QED) is 0.420. The Labute approximate surface area is 196 Å². The number of methoxy groups -OCH3 is 1. The fourth-order valence-electron chi connectivity index (χ4n) is 4.40. The molecule has 5 rings (SSSR count). The lowest BCUT2D eigenvalue weighted by Crippen LogP contribution is -2.43. The molecule has 33 heavy (non-hydrogen) atoms. The molecule has 4 aromatic rings. The van der Waals surface area contributed by atoms with Crippen molar-refractivity contribution in [3.63, 3.8) is 0 Å². The monoisotopic (exact) mass is 462 g/mol. The Morgan fingerprint density at radius 2 is 1.85 bits per heavy atom. The molecular weight excluding hydrogens is 440 g/mol. The van der Waals surface area contributed by atoms with Crippen LogP contribution in [0, 0.1) is 5.92 Å². The molecule has 168 valence electrons. The molecule has 2 heterocycles. The number of halogens is 1. The number of benzene rings is 3. The molecule has 0 radical (unpaired) electrons. The van der Waals surface area contributed by atoms with Gasteiger partial charge < -0.3 is 19.4 Å². The Hall–Kier alpha value is -3.51. The van der Waals surface area contributed by atoms with Gasteiger partial charge >= 0.3 is 0 Å². The highest BCUT2D eigenvalue weighted by Gasteiger charge is 2.29. The van der Waals surface area contributed by atoms with E-state index in [0.717, 1.165) is 22.8 Å². The standard InChI is InChI=1S/C26H23ClN2O4/c1-32-24-13-20-19-6-2-3-7-22(19)33-23(20)14-21(24)28-25(30)17-5-4-12-29(15-17)26(31)16-8-10-18(27)11-9-16/h2-3,6-11,13-14,17H,4-5,12,15H2,1H3,(H,28,30)/t17-/m1/s1. The number of para-hydroxylation sites is 1. The van der Waals surface area contributed by atoms with Crippen molar-refractivity contribution in [3.8, 4) is 5.75 Å². The Morgan fingerprint density at radius 3 is 2.64 bits per heavy atom. The van der Waals surface area contributed by atoms with Crippen LogP contribution in [0.5, 0.6) is 5.75 Å². The van der Waals surface area contributed by atoms with Gasteiger partial charge in [0, 0.05) is 40.5 Å². The summed E-state index contributed by atoms with van der Waals surface area (Å²) in [6, 6.07) is 18.3. The number of nitrogens with one attached hydrogen (secondary N) is 1. The van der Waals surface area contributed by atoms with Crippen LogP contribution >= 0.6 is 11.6 Å². The maximum atomic E-state index is 13.1. The van der Waals surface area contributed by atoms with Gasteiger partial charge in [-0.3, -0.25) is 9.59 Å². The minimum Gasteiger partial charge on any atom is -0.495 e. The molecule has 3 aromatic carbocycles. The van der Waals surface area contributed by atoms with Gasteiger partial charge in [-0.15, -0.1) is 0 Å². The van der Waals surface area contributed by atoms with E-state index in [9.17, 15) is 9.59 Å². The lowest BCUT2D eigenvalue weighted by molar-refractivity contribution is -0.121. The number of amides is 2. The number of likely N-dealkylation sites (tertiary alicyclic amines) is 1. The first-order chi connectivity index (χ1) is 16.0. The van der Waals surface area contributed by atoms with Crippen molar-refractivity contribution in [2.24, 2.45) is 5.92 Å². The molecule has 0 saturated carbocycles. The minimum atomic E-state index is -0.314. The van der Waals surface area contributed by atoms with Crippen molar-refractivity contribution in [2.75, 3.05) is 25.5 Å². The molecule has 1 N–H and O–H groups in total. The smallest absolute Gasteiger partial charge is 0.253 e. The Morgan fingerprint density at radius 1 is 1.06 bits per heavy atom. The van der Waals surface area contributed by atoms with Crippen LogP contribution in [-0.2, 0) is 4.79 Å². The van der Waals surface area contributed by atoms with E-state index >= 15 is 0 Å². The van der Waals surface area contributed by atoms with Crippen LogP contribution in [0.1, 0.15) is 23.2 Å². The van der Waals surface area contributed by atoms with Crippen molar-refractivity contribution in [1.29, 1.82) is 0 Å². The summed E-state index contributed by atoms with van der Waals surface area (Å²) in [6.07, 6.45) is 1.47. The first kappa shape index (κ1) is 21.3. The van der Waals surface area contributed by atoms with Gasteiger partial charge in [0.25, 0.3) is 5.91 Å². The summed E-state index contributed by atoms with van der Waals surface area (Å²) in [5.74, 6) is 0.0150. The molecule has 1 aliphatic heterocycles. The molecule has 1 fully saturated rings. The second kappa shape index (κ2) is 8.79. The van der Waals surface area contributed by atoms with E-state index in [2.05, 4.69) is 5.32 Å². The number of nitrogens with zero attached hydrogens (tertiary/aromatic N) is 1. The zero-order valence-electron chi connectivity index (χ0n) is 18.1. The molecule has 0 bridgehead atoms. The van der Waals surface area contributed by atoms with Crippen LogP contribution in [0.4, 0.5) is 5.69 Å². The van der Waals surface area contributed by atoms with Crippen molar-refractivity contribution < 1.29 is 18.7 Å². The van der Waals surface area contributed by atoms with E-state index in [-0.39, 0.29) is 17.7 Å². The summed E-state index contributed by atoms with van der Waals surface area (Å²) in [5.41, 5.74) is 2.57. The summed E-state index contributed by atoms with van der Waals surface area (Å²) < 4.78 is 11.5. The van der Waals surface area contributed by atoms with E-state index in [1.165, 1.54) is 0 Å². The molecule has 2 amide bonds. The van der Waals surface area contributed by atoms with Gasteiger partial charge in [0.15, 0.2) is 0 Å². The third kappa shape index (κ3) is 4.14. The second-order valence-electron chi connectivity index (χ2n) is 8.23. The Bertz CT molecular complexity index is 1350. The molecule has 0 aliphatic carbocycles. The van der Waals surface area contributed by atoms with Crippen LogP contribution in [0.15, 0.2) is 65.1 Å². The van der Waals surface area contributed by atoms with Crippen LogP contribution < -0.4 is 10.1 Å². The fourth-order valence-corrected chi connectivity index (χ4v) is 4.53. The van der Waals surface area contributed by atoms with E-state index in [1.54, 1.807) is 42.3 Å². The SMILES string of the molecule is COc1cc2c(cc1NC(=O)[C@@H]1CCCN(C(=O)c3ccc(Cl)cc3)C1)oc1ccccc12. The Balaban J connectivity index is 1.35. The molecule has 1 saturated heterocycles. The number of carbonyl (C=O) groups excluding carboxylic acids is 2. The summed E-state index contributed by atoms with van der Waals surface area (Å²) in [5, 5.41) is 5.50. The Kier molecular flexibility index (Phi) is 5.68. The summed E-state index contributed by atoms with van der Waals surface area (Å²) in [4.78, 5) is 27.8. The van der Waals surface area contributed by atoms with E-state index in [1.807, 2.05) is 30.3 Å². The molecule has 0 spiro atoms. The number of anilines is 1. The maximum Gasteiger partial charge on any atom is 0.253 e. The van der Waals surface area contributed by atoms with Gasteiger partial charge in [-0.25, -0.2) is 0 Å². The third-order valence-corrected chi connectivity index (χ3v) is 6.38. The second-order valence-corrected chi connectivity index (χ2v) is 8.67. The van der Waals surface area contributed by atoms with Gasteiger partial charge in [0.2, 0.25) is 5.91 Å². The average Bonchev–Trinajstić information content (AvgIpc) is 3.21. The van der Waals surface area contributed by atoms with E-state index < -0.39 is 0 Å². The van der Waals surface area contributed by atoms with Crippen LogP contribution in [0.25, 0.3) is 21.9 Å². The molecule has 1 aliphatic rings. The number of hydrogen-bond acceptors (Lipinski definition) is 4. The van der Waals surface area contributed by atoms with Gasteiger partial charge in [0.1, 0.15) is 16.9 Å². The highest BCUT2D eigenvalue weighted by Crippen LogP contribution is 2.36. The molecule has 1 aromatic heterocycles. The number of carbonyl (C=O) groups is 2. The number of rotatable bonds is 4. The highest BCUT2D eigenvalue weighted by atomic mass is 35.5. The van der Waals surface area contributed by atoms with Crippen molar-refractivity contribution in [2.45, 2.75) is 12.8 Å². The van der Waals surface area contributed by atoms with Gasteiger partial charge in [0.05, 0.1) is 18.7 Å². The lowest BCUT2D eigenvalue weighted by Gasteiger charge is -2.32. The zero-order chi connectivity index (χ0) is 22.9. The molecule has 0 unspecified atom stereocenters. The molecule has 6 nitrogen and oxygen atoms in total. The minimum absolute atomic E-state index is 0.0922. The molecule has 1 atom stereocenters. The van der Waals surface area contributed by atoms with E-state index in [4.69, 9.17) is 20.8 Å². The van der Waals surface area contributed by atoms with Gasteiger partial charge in [-0.1, -0.05) is 29.8 Å². The zero-order valence-corrected chi connectivity index (χ0v) is 18.9. The van der Waals surface area contributed by atoms with Gasteiger partial charge in [-0.05, 0) is 49.2 Å². The first-order valence-electron chi connectivity index (χ1n) is 10.9. The highest BCUT2D eigenvalue weighted by molar-refractivity contribution is 6.30. The van der Waals surface area contributed by atoms with Gasteiger partial charge in [-0.2, -0.15) is 0 Å². The number of fused-ring (bicyclic) bond motifs is 3. The molecule has 7 heteroatoms. The lowest BCUT2D eigenvalue weighted by atomic mass is 9.96. The van der Waals surface area contributed by atoms with E-state index in [0.29, 0.717) is 47.1 Å². The number of piperidine rings is 1. The average molecular weight is 463 g/mol.